The van der Waals surface area contributed by atoms with Gasteiger partial charge >= 0.3 is 5.97 Å². The number of rotatable bonds is 12. The van der Waals surface area contributed by atoms with Crippen LogP contribution in [0.1, 0.15) is 141 Å². The zero-order valence-electron chi connectivity index (χ0n) is 38.7. The van der Waals surface area contributed by atoms with Gasteiger partial charge in [-0.1, -0.05) is 61.5 Å². The van der Waals surface area contributed by atoms with Crippen LogP contribution >= 0.6 is 0 Å². The van der Waals surface area contributed by atoms with Gasteiger partial charge in [0, 0.05) is 68.3 Å². The van der Waals surface area contributed by atoms with Gasteiger partial charge < -0.3 is 53.2 Å². The van der Waals surface area contributed by atoms with Crippen LogP contribution in [0.3, 0.4) is 0 Å². The molecule has 13 heteroatoms. The van der Waals surface area contributed by atoms with Crippen molar-refractivity contribution in [1.82, 2.24) is 0 Å². The molecule has 6 aliphatic heterocycles. The maximum Gasteiger partial charge on any atom is 0.306 e. The first kappa shape index (κ1) is 47.9. The highest BCUT2D eigenvalue weighted by Crippen LogP contribution is 2.56. The van der Waals surface area contributed by atoms with Crippen LogP contribution in [0.15, 0.2) is 11.6 Å². The lowest BCUT2D eigenvalue weighted by atomic mass is 9.76. The molecule has 21 atom stereocenters. The van der Waals surface area contributed by atoms with E-state index in [4.69, 9.17) is 37.9 Å². The Morgan fingerprint density at radius 2 is 1.58 bits per heavy atom. The fourth-order valence-electron chi connectivity index (χ4n) is 11.6. The number of allylic oxidation sites excluding steroid dienone is 1. The number of hydrogen-bond acceptors (Lipinski definition) is 12. The minimum absolute atomic E-state index is 0.00518. The molecule has 0 bridgehead atoms. The molecule has 344 valence electrons. The normalized spacial score (nSPS) is 49.2. The van der Waals surface area contributed by atoms with E-state index in [9.17, 15) is 24.9 Å². The lowest BCUT2D eigenvalue weighted by molar-refractivity contribution is -0.389. The molecule has 6 rings (SSSR count). The van der Waals surface area contributed by atoms with Gasteiger partial charge in [-0.3, -0.25) is 9.59 Å². The summed E-state index contributed by atoms with van der Waals surface area (Å²) in [5.41, 5.74) is -0.280. The van der Waals surface area contributed by atoms with Crippen molar-refractivity contribution < 1.29 is 62.8 Å². The van der Waals surface area contributed by atoms with Crippen LogP contribution in [0.5, 0.6) is 0 Å². The number of ketones is 1. The van der Waals surface area contributed by atoms with Crippen molar-refractivity contribution >= 4 is 11.8 Å². The number of aliphatic carboxylic acids is 1. The Kier molecular flexibility index (Phi) is 14.5. The van der Waals surface area contributed by atoms with Crippen LogP contribution in [0, 0.1) is 47.3 Å². The third-order valence-corrected chi connectivity index (χ3v) is 15.8. The minimum atomic E-state index is -1.26. The van der Waals surface area contributed by atoms with Crippen molar-refractivity contribution in [2.75, 3.05) is 7.11 Å². The standard InChI is InChI=1S/C47H78O13/c1-24(40(49)25(2)19-28(5)43(50)51)18-26(3)41-31(8)34(48)23-46(59-41)17-16-44(11,60-46)38-22-36(55-39-15-14-35(53-13)33(10)54-39)32(9)47(57-38)30(7)21-37(56-47)42-27(4)20-29(6)45(12,52)58-42/h18,25-39,41-42,48,52H,14-17,19-23H2,1-13H3,(H,50,51)/b24-18+/t25-,26+,27+,28+,29-,30+,31-,32-,33-,34+,35+,36+,37-,38-,39-,41-,42+,44+,45+,46-,47+/m1/s1. The molecular formula is C47H78O13. The van der Waals surface area contributed by atoms with Crippen LogP contribution in [0.25, 0.3) is 0 Å². The largest absolute Gasteiger partial charge is 0.481 e. The third kappa shape index (κ3) is 9.47. The van der Waals surface area contributed by atoms with E-state index in [0.29, 0.717) is 44.1 Å². The quantitative estimate of drug-likeness (QED) is 0.169. The molecule has 0 aliphatic carbocycles. The Morgan fingerprint density at radius 1 is 0.883 bits per heavy atom. The van der Waals surface area contributed by atoms with Gasteiger partial charge in [-0.2, -0.15) is 0 Å². The van der Waals surface area contributed by atoms with Gasteiger partial charge in [0.2, 0.25) is 0 Å². The Morgan fingerprint density at radius 3 is 2.23 bits per heavy atom. The highest BCUT2D eigenvalue weighted by Gasteiger charge is 2.65. The van der Waals surface area contributed by atoms with Gasteiger partial charge in [0.05, 0.1) is 60.4 Å². The summed E-state index contributed by atoms with van der Waals surface area (Å²) in [4.78, 5) is 24.8. The van der Waals surface area contributed by atoms with E-state index in [1.54, 1.807) is 34.8 Å². The second-order valence-corrected chi connectivity index (χ2v) is 20.7. The maximum atomic E-state index is 13.4. The Balaban J connectivity index is 1.24. The SMILES string of the molecule is CO[C@H]1CC[C@@H](O[C@H]2C[C@H]([C@]3(C)CC[C@]4(C[C@H](O)[C@@H](C)[C@@H]([C@@H](C)/C=C(\C)C(=O)[C@H](C)C[C@H](C)C(=O)O)O4)O3)O[C@]3(O[C@@H]([C@H]4O[C@](C)(O)[C@H](C)C[C@@H]4C)C[C@@H]3C)[C@@H]2C)O[C@@H]1C. The maximum absolute atomic E-state index is 13.4. The molecule has 2 spiro atoms. The summed E-state index contributed by atoms with van der Waals surface area (Å²) in [5.74, 6) is -5.99. The summed E-state index contributed by atoms with van der Waals surface area (Å²) in [6.07, 6.45) is 4.09. The number of ether oxygens (including phenoxy) is 8. The highest BCUT2D eigenvalue weighted by atomic mass is 16.8. The second kappa shape index (κ2) is 18.2. The van der Waals surface area contributed by atoms with Crippen LogP contribution in [0.4, 0.5) is 0 Å². The molecule has 6 heterocycles. The van der Waals surface area contributed by atoms with Gasteiger partial charge in [0.1, 0.15) is 0 Å². The predicted octanol–water partition coefficient (Wildman–Crippen LogP) is 7.18. The number of Topliss-reactive ketones (excluding diaryl/α,β-unsaturated/α-hetero) is 1. The molecule has 0 aromatic heterocycles. The first-order valence-corrected chi connectivity index (χ1v) is 23.1. The van der Waals surface area contributed by atoms with Crippen LogP contribution < -0.4 is 0 Å². The number of carbonyl (C=O) groups is 2. The molecule has 0 aromatic rings. The van der Waals surface area contributed by atoms with E-state index in [-0.39, 0.29) is 78.2 Å². The van der Waals surface area contributed by atoms with Gasteiger partial charge in [-0.15, -0.1) is 0 Å². The molecule has 0 aromatic carbocycles. The third-order valence-electron chi connectivity index (χ3n) is 15.8. The lowest BCUT2D eigenvalue weighted by Gasteiger charge is -2.54. The second-order valence-electron chi connectivity index (χ2n) is 20.7. The molecule has 6 aliphatic rings. The Hall–Kier alpha value is -1.52. The molecule has 3 N–H and O–H groups in total. The van der Waals surface area contributed by atoms with Crippen molar-refractivity contribution in [3.8, 4) is 0 Å². The number of carboxylic acid groups (broad SMARTS) is 1. The van der Waals surface area contributed by atoms with Crippen LogP contribution in [-0.4, -0.2) is 112 Å². The average Bonchev–Trinajstić information content (AvgIpc) is 3.68. The monoisotopic (exact) mass is 851 g/mol. The zero-order valence-corrected chi connectivity index (χ0v) is 38.7. The Bertz CT molecular complexity index is 1550. The molecule has 0 unspecified atom stereocenters. The van der Waals surface area contributed by atoms with Gasteiger partial charge in [0.25, 0.3) is 0 Å². The zero-order chi connectivity index (χ0) is 44.3. The summed E-state index contributed by atoms with van der Waals surface area (Å²) in [7, 11) is 1.72. The van der Waals surface area contributed by atoms with E-state index >= 15 is 0 Å². The van der Waals surface area contributed by atoms with Crippen molar-refractivity contribution in [3.05, 3.63) is 11.6 Å². The summed E-state index contributed by atoms with van der Waals surface area (Å²) >= 11 is 0. The van der Waals surface area contributed by atoms with Gasteiger partial charge in [-0.05, 0) is 71.3 Å². The van der Waals surface area contributed by atoms with Crippen molar-refractivity contribution in [2.45, 2.75) is 219 Å². The summed E-state index contributed by atoms with van der Waals surface area (Å²) < 4.78 is 54.1. The number of carboxylic acids is 1. The van der Waals surface area contributed by atoms with E-state index in [2.05, 4.69) is 27.7 Å². The topological polar surface area (TPSA) is 169 Å². The number of aliphatic hydroxyl groups is 2. The fraction of sp³-hybridized carbons (Fsp3) is 0.915. The minimum Gasteiger partial charge on any atom is -0.481 e. The molecule has 6 fully saturated rings. The van der Waals surface area contributed by atoms with Crippen molar-refractivity contribution in [3.63, 3.8) is 0 Å². The van der Waals surface area contributed by atoms with E-state index in [1.165, 1.54) is 0 Å². The average molecular weight is 851 g/mol. The van der Waals surface area contributed by atoms with Crippen LogP contribution in [0.2, 0.25) is 0 Å². The van der Waals surface area contributed by atoms with E-state index in [0.717, 1.165) is 12.8 Å². The number of aliphatic hydroxyl groups excluding tert-OH is 1. The predicted molar refractivity (Wildman–Crippen MR) is 222 cm³/mol. The number of hydrogen-bond donors (Lipinski definition) is 3. The molecular weight excluding hydrogens is 773 g/mol. The highest BCUT2D eigenvalue weighted by molar-refractivity contribution is 5.96. The van der Waals surface area contributed by atoms with Crippen molar-refractivity contribution in [1.29, 1.82) is 0 Å². The molecule has 0 amide bonds. The molecule has 13 nitrogen and oxygen atoms in total. The summed E-state index contributed by atoms with van der Waals surface area (Å²) in [5, 5.41) is 32.2. The van der Waals surface area contributed by atoms with E-state index < -0.39 is 65.4 Å². The molecule has 6 saturated heterocycles. The van der Waals surface area contributed by atoms with Crippen molar-refractivity contribution in [2.24, 2.45) is 47.3 Å². The first-order chi connectivity index (χ1) is 27.9. The van der Waals surface area contributed by atoms with Crippen LogP contribution in [-0.2, 0) is 47.5 Å². The smallest absolute Gasteiger partial charge is 0.306 e. The summed E-state index contributed by atoms with van der Waals surface area (Å²) in [6.45, 7) is 23.5. The summed E-state index contributed by atoms with van der Waals surface area (Å²) in [6, 6.07) is 0. The fourth-order valence-corrected chi connectivity index (χ4v) is 11.6. The van der Waals surface area contributed by atoms with Gasteiger partial charge in [-0.25, -0.2) is 0 Å². The first-order valence-electron chi connectivity index (χ1n) is 23.1. The lowest BCUT2D eigenvalue weighted by Crippen LogP contribution is -2.63. The van der Waals surface area contributed by atoms with Gasteiger partial charge in [0.15, 0.2) is 29.4 Å². The number of carbonyl (C=O) groups excluding carboxylic acids is 1. The van der Waals surface area contributed by atoms with E-state index in [1.807, 2.05) is 33.8 Å². The Labute approximate surface area is 358 Å². The molecule has 60 heavy (non-hydrogen) atoms. The number of methoxy groups -OCH3 is 1. The molecule has 0 radical (unpaired) electrons. The molecule has 0 saturated carbocycles.